The van der Waals surface area contributed by atoms with E-state index in [1.54, 1.807) is 6.08 Å². The van der Waals surface area contributed by atoms with E-state index >= 15 is 0 Å². The highest BCUT2D eigenvalue weighted by molar-refractivity contribution is 5.66. The normalized spacial score (nSPS) is 11.7. The zero-order valence-corrected chi connectivity index (χ0v) is 26.6. The van der Waals surface area contributed by atoms with Gasteiger partial charge in [0, 0.05) is 17.8 Å². The third kappa shape index (κ3) is 23.1. The van der Waals surface area contributed by atoms with Gasteiger partial charge in [0.25, 0.3) is 0 Å². The zero-order chi connectivity index (χ0) is 30.5. The Balaban J connectivity index is -0.000000625. The molecule has 224 valence electrons. The van der Waals surface area contributed by atoms with Crippen molar-refractivity contribution in [1.82, 2.24) is 0 Å². The Kier molecular flexibility index (Phi) is 31.6. The van der Waals surface area contributed by atoms with Crippen LogP contribution < -0.4 is 5.32 Å². The molecule has 0 saturated heterocycles. The summed E-state index contributed by atoms with van der Waals surface area (Å²) in [7, 11) is 0. The largest absolute Gasteiger partial charge is 0.382 e. The van der Waals surface area contributed by atoms with E-state index in [1.165, 1.54) is 51.2 Å². The molecule has 0 heterocycles. The lowest BCUT2D eigenvalue weighted by Crippen LogP contribution is -2.18. The maximum Gasteiger partial charge on any atom is 0.126 e. The van der Waals surface area contributed by atoms with Crippen LogP contribution in [-0.4, -0.2) is 12.3 Å². The van der Waals surface area contributed by atoms with Crippen LogP contribution in [0.4, 0.5) is 14.5 Å². The summed E-state index contributed by atoms with van der Waals surface area (Å²) < 4.78 is 26.6. The van der Waals surface area contributed by atoms with Gasteiger partial charge in [-0.1, -0.05) is 112 Å². The van der Waals surface area contributed by atoms with Crippen molar-refractivity contribution in [1.29, 1.82) is 0 Å². The lowest BCUT2D eigenvalue weighted by molar-refractivity contribution is -0.106. The van der Waals surface area contributed by atoms with Gasteiger partial charge < -0.3 is 10.1 Å². The second-order valence-corrected chi connectivity index (χ2v) is 9.04. The predicted octanol–water partition coefficient (Wildman–Crippen LogP) is 12.0. The molecule has 0 amide bonds. The van der Waals surface area contributed by atoms with Crippen LogP contribution in [0.15, 0.2) is 55.1 Å². The maximum absolute atomic E-state index is 13.3. The monoisotopic (exact) mass is 547 g/mol. The zero-order valence-electron chi connectivity index (χ0n) is 26.6. The van der Waals surface area contributed by atoms with Crippen molar-refractivity contribution in [3.63, 3.8) is 0 Å². The molecule has 0 aliphatic heterocycles. The van der Waals surface area contributed by atoms with E-state index in [2.05, 4.69) is 32.7 Å². The molecule has 2 nitrogen and oxygen atoms in total. The van der Waals surface area contributed by atoms with Crippen LogP contribution in [0, 0.1) is 17.6 Å². The topological polar surface area (TPSA) is 29.1 Å². The van der Waals surface area contributed by atoms with Crippen molar-refractivity contribution in [2.45, 2.75) is 126 Å². The molecule has 0 unspecified atom stereocenters. The second kappa shape index (κ2) is 30.1. The molecule has 39 heavy (non-hydrogen) atoms. The SMILES string of the molecule is C=CC.CC.CC.CC1CCCCC1.CC=O.CCCC(CCC)Nc1ccc(-c2cc(F)cc(F)c2)cc1. The molecule has 4 heteroatoms. The summed E-state index contributed by atoms with van der Waals surface area (Å²) >= 11 is 0. The van der Waals surface area contributed by atoms with Gasteiger partial charge in [0.15, 0.2) is 0 Å². The van der Waals surface area contributed by atoms with Crippen LogP contribution >= 0.6 is 0 Å². The molecule has 1 N–H and O–H groups in total. The minimum Gasteiger partial charge on any atom is -0.382 e. The van der Waals surface area contributed by atoms with Crippen LogP contribution in [-0.2, 0) is 4.79 Å². The third-order valence-corrected chi connectivity index (χ3v) is 5.62. The summed E-state index contributed by atoms with van der Waals surface area (Å²) in [4.78, 5) is 8.81. The number of aldehydes is 1. The lowest BCUT2D eigenvalue weighted by Gasteiger charge is -2.19. The standard InChI is InChI=1S/C19H23F2N.C7H14.C3H6.C2H4O.2C2H6/c1-3-5-18(6-4-2)22-19-9-7-14(8-10-19)15-11-16(20)13-17(21)12-15;1-7-5-3-2-4-6-7;1-3-2;1-2-3;2*1-2/h7-13,18,22H,3-6H2,1-2H3;7H,2-6H2,1H3;3H,1H2,2H3;2H,1H3;2*1-2H3. The molecule has 0 bridgehead atoms. The molecule has 1 fully saturated rings. The fraction of sp³-hybridized carbons (Fsp3) is 0.571. The molecular formula is C35H59F2NO. The van der Waals surface area contributed by atoms with Crippen LogP contribution in [0.2, 0.25) is 0 Å². The van der Waals surface area contributed by atoms with Gasteiger partial charge in [0.1, 0.15) is 17.9 Å². The number of halogens is 2. The summed E-state index contributed by atoms with van der Waals surface area (Å²) in [6.45, 7) is 21.4. The lowest BCUT2D eigenvalue weighted by atomic mass is 9.91. The van der Waals surface area contributed by atoms with Crippen LogP contribution in [0.25, 0.3) is 11.1 Å². The van der Waals surface area contributed by atoms with Gasteiger partial charge in [-0.05, 0) is 68.0 Å². The molecule has 0 aromatic heterocycles. The summed E-state index contributed by atoms with van der Waals surface area (Å²) in [5.74, 6) is -0.0694. The highest BCUT2D eigenvalue weighted by Crippen LogP contribution is 2.24. The van der Waals surface area contributed by atoms with E-state index in [9.17, 15) is 8.78 Å². The van der Waals surface area contributed by atoms with Gasteiger partial charge in [0.2, 0.25) is 0 Å². The molecule has 2 aromatic rings. The number of rotatable bonds is 7. The Bertz CT molecular complexity index is 767. The molecule has 1 aliphatic carbocycles. The minimum atomic E-state index is -0.553. The Morgan fingerprint density at radius 3 is 1.59 bits per heavy atom. The molecule has 2 aromatic carbocycles. The highest BCUT2D eigenvalue weighted by Gasteiger charge is 2.08. The fourth-order valence-corrected chi connectivity index (χ4v) is 4.01. The molecule has 1 saturated carbocycles. The van der Waals surface area contributed by atoms with Crippen molar-refractivity contribution in [2.24, 2.45) is 5.92 Å². The Hall–Kier alpha value is -2.49. The van der Waals surface area contributed by atoms with Crippen molar-refractivity contribution >= 4 is 12.0 Å². The van der Waals surface area contributed by atoms with Crippen LogP contribution in [0.1, 0.15) is 120 Å². The number of hydrogen-bond acceptors (Lipinski definition) is 2. The number of hydrogen-bond donors (Lipinski definition) is 1. The number of carbonyl (C=O) groups is 1. The van der Waals surface area contributed by atoms with E-state index in [-0.39, 0.29) is 0 Å². The van der Waals surface area contributed by atoms with Gasteiger partial charge in [-0.2, -0.15) is 0 Å². The first-order chi connectivity index (χ1) is 18.8. The molecule has 3 rings (SSSR count). The second-order valence-electron chi connectivity index (χ2n) is 9.04. The summed E-state index contributed by atoms with van der Waals surface area (Å²) in [5.41, 5.74) is 2.42. The van der Waals surface area contributed by atoms with E-state index in [1.807, 2.05) is 58.9 Å². The minimum absolute atomic E-state index is 0.479. The van der Waals surface area contributed by atoms with Gasteiger partial charge in [-0.15, -0.1) is 6.58 Å². The molecule has 1 aliphatic rings. The number of nitrogens with one attached hydrogen (secondary N) is 1. The highest BCUT2D eigenvalue weighted by atomic mass is 19.1. The Labute approximate surface area is 240 Å². The summed E-state index contributed by atoms with van der Waals surface area (Å²) in [6, 6.07) is 11.8. The first-order valence-electron chi connectivity index (χ1n) is 15.1. The smallest absolute Gasteiger partial charge is 0.126 e. The van der Waals surface area contributed by atoms with E-state index in [4.69, 9.17) is 4.79 Å². The van der Waals surface area contributed by atoms with E-state index in [0.29, 0.717) is 11.6 Å². The number of benzene rings is 2. The van der Waals surface area contributed by atoms with E-state index in [0.717, 1.165) is 55.2 Å². The molecule has 0 atom stereocenters. The predicted molar refractivity (Wildman–Crippen MR) is 172 cm³/mol. The third-order valence-electron chi connectivity index (χ3n) is 5.62. The van der Waals surface area contributed by atoms with Gasteiger partial charge >= 0.3 is 0 Å². The summed E-state index contributed by atoms with van der Waals surface area (Å²) in [5, 5.41) is 3.53. The van der Waals surface area contributed by atoms with Crippen molar-refractivity contribution in [3.05, 3.63) is 66.8 Å². The van der Waals surface area contributed by atoms with Crippen molar-refractivity contribution in [2.75, 3.05) is 5.32 Å². The van der Waals surface area contributed by atoms with Crippen molar-refractivity contribution < 1.29 is 13.6 Å². The average molecular weight is 548 g/mol. The molecule has 0 radical (unpaired) electrons. The fourth-order valence-electron chi connectivity index (χ4n) is 4.01. The van der Waals surface area contributed by atoms with Gasteiger partial charge in [-0.3, -0.25) is 0 Å². The van der Waals surface area contributed by atoms with Gasteiger partial charge in [-0.25, -0.2) is 8.78 Å². The maximum atomic E-state index is 13.3. The average Bonchev–Trinajstić information content (AvgIpc) is 2.93. The summed E-state index contributed by atoms with van der Waals surface area (Å²) in [6.07, 6.45) is 14.5. The quantitative estimate of drug-likeness (QED) is 0.276. The molecule has 0 spiro atoms. The Morgan fingerprint density at radius 1 is 0.846 bits per heavy atom. The molecular weight excluding hydrogens is 488 g/mol. The van der Waals surface area contributed by atoms with Gasteiger partial charge in [0.05, 0.1) is 0 Å². The van der Waals surface area contributed by atoms with Crippen molar-refractivity contribution in [3.8, 4) is 11.1 Å². The first kappa shape index (κ1) is 41.0. The number of anilines is 1. The van der Waals surface area contributed by atoms with Crippen LogP contribution in [0.5, 0.6) is 0 Å². The number of allylic oxidation sites excluding steroid dienone is 1. The number of carbonyl (C=O) groups excluding carboxylic acids is 1. The first-order valence-corrected chi connectivity index (χ1v) is 15.1. The van der Waals surface area contributed by atoms with Crippen LogP contribution in [0.3, 0.4) is 0 Å². The Morgan fingerprint density at radius 2 is 1.26 bits per heavy atom. The van der Waals surface area contributed by atoms with E-state index < -0.39 is 11.6 Å².